The quantitative estimate of drug-likeness (QED) is 0.239. The summed E-state index contributed by atoms with van der Waals surface area (Å²) in [7, 11) is 0. The van der Waals surface area contributed by atoms with Gasteiger partial charge in [0.1, 0.15) is 0 Å². The minimum atomic E-state index is 1.15. The third kappa shape index (κ3) is 4.57. The van der Waals surface area contributed by atoms with E-state index < -0.39 is 0 Å². The first-order valence-electron chi connectivity index (χ1n) is 12.2. The first-order valence-corrected chi connectivity index (χ1v) is 12.2. The summed E-state index contributed by atoms with van der Waals surface area (Å²) in [5.41, 5.74) is 9.56. The van der Waals surface area contributed by atoms with Crippen LogP contribution in [-0.4, -0.2) is 0 Å². The van der Waals surface area contributed by atoms with Crippen LogP contribution in [0.3, 0.4) is 0 Å². The van der Waals surface area contributed by atoms with E-state index in [1.54, 1.807) is 0 Å². The molecule has 2 nitrogen and oxygen atoms in total. The van der Waals surface area contributed by atoms with Crippen molar-refractivity contribution in [3.8, 4) is 44.8 Å². The summed E-state index contributed by atoms with van der Waals surface area (Å²) in [6, 6.07) is 46.9. The van der Waals surface area contributed by atoms with E-state index >= 15 is 0 Å². The number of rotatable bonds is 5. The second-order valence-electron chi connectivity index (χ2n) is 8.82. The topological polar surface area (TPSA) is 7.76 Å². The van der Waals surface area contributed by atoms with Crippen molar-refractivity contribution in [3.63, 3.8) is 0 Å². The van der Waals surface area contributed by atoms with Crippen LogP contribution in [0.25, 0.3) is 44.8 Å². The Hall–Kier alpha value is -4.82. The van der Waals surface area contributed by atoms with Crippen molar-refractivity contribution >= 4 is 0 Å². The Kier molecular flexibility index (Phi) is 5.91. The molecule has 0 aliphatic carbocycles. The lowest BCUT2D eigenvalue weighted by Crippen LogP contribution is -2.29. The standard InChI is InChI=1S/C34H26N2/c1-3-9-27(10-4-1)31-13-7-15-33(25-31)35-21-17-29(18-22-35)30-19-23-36(24-20-30)34-16-8-14-32(26-34)28-11-5-2-6-12-28/h1-26H/q+2. The molecular formula is C34H26N2+2. The van der Waals surface area contributed by atoms with Gasteiger partial charge in [-0.2, -0.15) is 9.13 Å². The van der Waals surface area contributed by atoms with E-state index in [1.807, 2.05) is 12.1 Å². The highest BCUT2D eigenvalue weighted by atomic mass is 14.9. The Labute approximate surface area is 212 Å². The average Bonchev–Trinajstić information content (AvgIpc) is 2.98. The van der Waals surface area contributed by atoms with Gasteiger partial charge in [-0.15, -0.1) is 0 Å². The summed E-state index contributed by atoms with van der Waals surface area (Å²) in [5.74, 6) is 0. The molecule has 2 aromatic heterocycles. The molecule has 0 amide bonds. The lowest BCUT2D eigenvalue weighted by atomic mass is 10.0. The van der Waals surface area contributed by atoms with Gasteiger partial charge in [-0.25, -0.2) is 0 Å². The fourth-order valence-corrected chi connectivity index (χ4v) is 4.54. The van der Waals surface area contributed by atoms with Crippen LogP contribution in [0.2, 0.25) is 0 Å². The van der Waals surface area contributed by atoms with E-state index in [1.165, 1.54) is 33.4 Å². The lowest BCUT2D eigenvalue weighted by molar-refractivity contribution is -0.596. The molecule has 0 unspecified atom stereocenters. The van der Waals surface area contributed by atoms with Crippen molar-refractivity contribution in [1.82, 2.24) is 0 Å². The molecule has 0 aliphatic heterocycles. The van der Waals surface area contributed by atoms with Gasteiger partial charge in [-0.1, -0.05) is 84.9 Å². The summed E-state index contributed by atoms with van der Waals surface area (Å²) in [5, 5.41) is 0. The molecule has 6 rings (SSSR count). The molecule has 2 heteroatoms. The van der Waals surface area contributed by atoms with Crippen molar-refractivity contribution < 1.29 is 9.13 Å². The fourth-order valence-electron chi connectivity index (χ4n) is 4.54. The maximum Gasteiger partial charge on any atom is 0.211 e. The van der Waals surface area contributed by atoms with Gasteiger partial charge in [0.25, 0.3) is 0 Å². The van der Waals surface area contributed by atoms with Gasteiger partial charge in [-0.3, -0.25) is 0 Å². The van der Waals surface area contributed by atoms with Crippen LogP contribution < -0.4 is 9.13 Å². The number of aromatic nitrogens is 2. The summed E-state index contributed by atoms with van der Waals surface area (Å²) < 4.78 is 4.32. The third-order valence-electron chi connectivity index (χ3n) is 6.49. The maximum absolute atomic E-state index is 2.23. The summed E-state index contributed by atoms with van der Waals surface area (Å²) in [4.78, 5) is 0. The molecule has 6 aromatic rings. The van der Waals surface area contributed by atoms with Crippen LogP contribution in [-0.2, 0) is 0 Å². The fraction of sp³-hybridized carbons (Fsp3) is 0. The average molecular weight is 463 g/mol. The zero-order chi connectivity index (χ0) is 24.2. The molecule has 0 aliphatic rings. The number of nitrogens with zero attached hydrogens (tertiary/aromatic N) is 2. The number of hydrogen-bond acceptors (Lipinski definition) is 0. The minimum Gasteiger partial charge on any atom is -0.167 e. The van der Waals surface area contributed by atoms with Crippen LogP contribution >= 0.6 is 0 Å². The van der Waals surface area contributed by atoms with Crippen LogP contribution in [0.4, 0.5) is 0 Å². The molecule has 0 saturated carbocycles. The molecule has 170 valence electrons. The molecule has 0 saturated heterocycles. The highest BCUT2D eigenvalue weighted by molar-refractivity contribution is 5.66. The first kappa shape index (κ1) is 21.7. The second-order valence-corrected chi connectivity index (χ2v) is 8.82. The van der Waals surface area contributed by atoms with Crippen LogP contribution in [0.15, 0.2) is 158 Å². The number of pyridine rings is 2. The van der Waals surface area contributed by atoms with E-state index in [4.69, 9.17) is 0 Å². The molecular weight excluding hydrogens is 436 g/mol. The highest BCUT2D eigenvalue weighted by Gasteiger charge is 2.11. The molecule has 2 heterocycles. The largest absolute Gasteiger partial charge is 0.211 e. The van der Waals surface area contributed by atoms with Gasteiger partial charge in [0, 0.05) is 48.5 Å². The Morgan fingerprint density at radius 3 is 1.00 bits per heavy atom. The predicted molar refractivity (Wildman–Crippen MR) is 146 cm³/mol. The van der Waals surface area contributed by atoms with Crippen LogP contribution in [0.5, 0.6) is 0 Å². The highest BCUT2D eigenvalue weighted by Crippen LogP contribution is 2.22. The normalized spacial score (nSPS) is 10.8. The Bertz CT molecular complexity index is 1460. The first-order chi connectivity index (χ1) is 17.8. The Morgan fingerprint density at radius 1 is 0.278 bits per heavy atom. The summed E-state index contributed by atoms with van der Waals surface area (Å²) >= 11 is 0. The van der Waals surface area contributed by atoms with Gasteiger partial charge in [0.15, 0.2) is 24.8 Å². The van der Waals surface area contributed by atoms with Crippen LogP contribution in [0.1, 0.15) is 0 Å². The van der Waals surface area contributed by atoms with E-state index in [-0.39, 0.29) is 0 Å². The SMILES string of the molecule is c1ccc(-c2cccc(-[n+]3ccc(-c4cc[n+](-c5cccc(-c6ccccc6)c5)cc4)cc3)c2)cc1. The van der Waals surface area contributed by atoms with E-state index in [0.717, 1.165) is 11.4 Å². The molecule has 0 bridgehead atoms. The monoisotopic (exact) mass is 462 g/mol. The third-order valence-corrected chi connectivity index (χ3v) is 6.49. The Balaban J connectivity index is 1.23. The summed E-state index contributed by atoms with van der Waals surface area (Å²) in [6.07, 6.45) is 8.52. The zero-order valence-electron chi connectivity index (χ0n) is 19.9. The lowest BCUT2D eigenvalue weighted by Gasteiger charge is -2.04. The molecule has 0 fully saturated rings. The molecule has 4 aromatic carbocycles. The summed E-state index contributed by atoms with van der Waals surface area (Å²) in [6.45, 7) is 0. The van der Waals surface area contributed by atoms with E-state index in [2.05, 4.69) is 155 Å². The van der Waals surface area contributed by atoms with Crippen molar-refractivity contribution in [2.45, 2.75) is 0 Å². The van der Waals surface area contributed by atoms with E-state index in [0.29, 0.717) is 0 Å². The smallest absolute Gasteiger partial charge is 0.167 e. The molecule has 0 atom stereocenters. The molecule has 36 heavy (non-hydrogen) atoms. The predicted octanol–water partition coefficient (Wildman–Crippen LogP) is 7.24. The molecule has 0 N–H and O–H groups in total. The molecule has 0 spiro atoms. The van der Waals surface area contributed by atoms with Crippen molar-refractivity contribution in [2.75, 3.05) is 0 Å². The van der Waals surface area contributed by atoms with Crippen molar-refractivity contribution in [1.29, 1.82) is 0 Å². The minimum absolute atomic E-state index is 1.15. The van der Waals surface area contributed by atoms with Crippen LogP contribution in [0, 0.1) is 0 Å². The van der Waals surface area contributed by atoms with Crippen molar-refractivity contribution in [3.05, 3.63) is 158 Å². The molecule has 0 radical (unpaired) electrons. The van der Waals surface area contributed by atoms with Gasteiger partial charge in [-0.05, 0) is 33.4 Å². The number of hydrogen-bond donors (Lipinski definition) is 0. The van der Waals surface area contributed by atoms with Gasteiger partial charge in [0.2, 0.25) is 11.4 Å². The van der Waals surface area contributed by atoms with Crippen molar-refractivity contribution in [2.24, 2.45) is 0 Å². The van der Waals surface area contributed by atoms with Gasteiger partial charge in [0.05, 0.1) is 0 Å². The van der Waals surface area contributed by atoms with Gasteiger partial charge >= 0.3 is 0 Å². The number of benzene rings is 4. The Morgan fingerprint density at radius 2 is 0.611 bits per heavy atom. The maximum atomic E-state index is 2.23. The van der Waals surface area contributed by atoms with E-state index in [9.17, 15) is 0 Å². The van der Waals surface area contributed by atoms with Gasteiger partial charge < -0.3 is 0 Å². The second kappa shape index (κ2) is 9.81. The zero-order valence-corrected chi connectivity index (χ0v) is 19.9.